The fourth-order valence-corrected chi connectivity index (χ4v) is 2.70. The van der Waals surface area contributed by atoms with Crippen LogP contribution in [0.1, 0.15) is 11.5 Å². The Labute approximate surface area is 137 Å². The van der Waals surface area contributed by atoms with Crippen molar-refractivity contribution in [2.45, 2.75) is 5.92 Å². The highest BCUT2D eigenvalue weighted by Crippen LogP contribution is 2.34. The van der Waals surface area contributed by atoms with Crippen molar-refractivity contribution >= 4 is 46.4 Å². The van der Waals surface area contributed by atoms with E-state index in [9.17, 15) is 10.1 Å². The first-order valence-corrected chi connectivity index (χ1v) is 7.06. The van der Waals surface area contributed by atoms with Gasteiger partial charge in [0.1, 0.15) is 0 Å². The lowest BCUT2D eigenvalue weighted by Gasteiger charge is -2.13. The first kappa shape index (κ1) is 15.7. The maximum absolute atomic E-state index is 12.2. The van der Waals surface area contributed by atoms with E-state index < -0.39 is 11.8 Å². The van der Waals surface area contributed by atoms with Crippen LogP contribution in [0.5, 0.6) is 0 Å². The van der Waals surface area contributed by atoms with Gasteiger partial charge in [0.05, 0.1) is 21.8 Å². The second kappa shape index (κ2) is 6.82. The quantitative estimate of drug-likeness (QED) is 0.865. The van der Waals surface area contributed by atoms with Gasteiger partial charge in [-0.1, -0.05) is 65.1 Å². The molecule has 0 aliphatic heterocycles. The molecule has 1 unspecified atom stereocenters. The number of amides is 1. The Bertz CT molecular complexity index is 688. The van der Waals surface area contributed by atoms with Gasteiger partial charge >= 0.3 is 0 Å². The predicted octanol–water partition coefficient (Wildman–Crippen LogP) is 4.89. The molecule has 1 atom stereocenters. The van der Waals surface area contributed by atoms with E-state index in [4.69, 9.17) is 34.8 Å². The van der Waals surface area contributed by atoms with Gasteiger partial charge in [0.15, 0.2) is 5.92 Å². The van der Waals surface area contributed by atoms with Crippen LogP contribution in [0.4, 0.5) is 5.69 Å². The first-order chi connectivity index (χ1) is 10.0. The number of nitrogens with zero attached hydrogens (tertiary/aromatic N) is 1. The lowest BCUT2D eigenvalue weighted by Crippen LogP contribution is -2.20. The van der Waals surface area contributed by atoms with Crippen molar-refractivity contribution in [2.75, 3.05) is 5.32 Å². The van der Waals surface area contributed by atoms with Crippen LogP contribution in [-0.2, 0) is 4.79 Å². The van der Waals surface area contributed by atoms with Gasteiger partial charge < -0.3 is 5.32 Å². The molecule has 0 aliphatic carbocycles. The molecule has 3 nitrogen and oxygen atoms in total. The maximum atomic E-state index is 12.2. The second-order valence-electron chi connectivity index (χ2n) is 4.21. The average Bonchev–Trinajstić information content (AvgIpc) is 2.45. The van der Waals surface area contributed by atoms with Crippen LogP contribution >= 0.6 is 34.8 Å². The summed E-state index contributed by atoms with van der Waals surface area (Å²) in [5.41, 5.74) is 0.836. The topological polar surface area (TPSA) is 52.9 Å². The van der Waals surface area contributed by atoms with Crippen molar-refractivity contribution in [2.24, 2.45) is 0 Å². The minimum absolute atomic E-state index is 0.214. The van der Waals surface area contributed by atoms with E-state index in [-0.39, 0.29) is 15.7 Å². The van der Waals surface area contributed by atoms with Gasteiger partial charge in [0.25, 0.3) is 0 Å². The third-order valence-corrected chi connectivity index (χ3v) is 3.59. The zero-order chi connectivity index (χ0) is 15.4. The Morgan fingerprint density at radius 3 is 2.19 bits per heavy atom. The van der Waals surface area contributed by atoms with Crippen LogP contribution in [0.15, 0.2) is 42.5 Å². The highest BCUT2D eigenvalue weighted by molar-refractivity contribution is 6.42. The number of nitriles is 1. The Morgan fingerprint density at radius 2 is 1.67 bits per heavy atom. The van der Waals surface area contributed by atoms with Gasteiger partial charge in [0, 0.05) is 5.02 Å². The molecule has 1 amide bonds. The summed E-state index contributed by atoms with van der Waals surface area (Å²) in [6.45, 7) is 0. The van der Waals surface area contributed by atoms with E-state index in [2.05, 4.69) is 5.32 Å². The number of rotatable bonds is 3. The highest BCUT2D eigenvalue weighted by atomic mass is 35.5. The summed E-state index contributed by atoms with van der Waals surface area (Å²) in [6.07, 6.45) is 0. The van der Waals surface area contributed by atoms with Gasteiger partial charge in [0.2, 0.25) is 5.91 Å². The Hall–Kier alpha value is -1.73. The van der Waals surface area contributed by atoms with E-state index in [1.54, 1.807) is 24.3 Å². The summed E-state index contributed by atoms with van der Waals surface area (Å²) in [7, 11) is 0. The molecule has 1 N–H and O–H groups in total. The number of hydrogen-bond donors (Lipinski definition) is 1. The minimum Gasteiger partial charge on any atom is -0.322 e. The normalized spacial score (nSPS) is 11.5. The summed E-state index contributed by atoms with van der Waals surface area (Å²) in [5, 5.41) is 12.6. The number of hydrogen-bond acceptors (Lipinski definition) is 2. The van der Waals surface area contributed by atoms with Crippen LogP contribution in [0.25, 0.3) is 0 Å². The van der Waals surface area contributed by atoms with E-state index >= 15 is 0 Å². The van der Waals surface area contributed by atoms with E-state index in [0.29, 0.717) is 10.6 Å². The SMILES string of the molecule is N#CC(C(=O)Nc1c(Cl)cc(Cl)cc1Cl)c1ccccc1. The summed E-state index contributed by atoms with van der Waals surface area (Å²) in [5.74, 6) is -1.45. The number of benzene rings is 2. The molecule has 2 rings (SSSR count). The van der Waals surface area contributed by atoms with Gasteiger partial charge in [-0.2, -0.15) is 5.26 Å². The number of halogens is 3. The molecule has 0 spiro atoms. The third-order valence-electron chi connectivity index (χ3n) is 2.78. The van der Waals surface area contributed by atoms with Crippen molar-refractivity contribution in [3.05, 3.63) is 63.1 Å². The lowest BCUT2D eigenvalue weighted by molar-refractivity contribution is -0.116. The largest absolute Gasteiger partial charge is 0.322 e. The fraction of sp³-hybridized carbons (Fsp3) is 0.0667. The van der Waals surface area contributed by atoms with Crippen LogP contribution in [0.2, 0.25) is 15.1 Å². The van der Waals surface area contributed by atoms with Crippen LogP contribution in [-0.4, -0.2) is 5.91 Å². The highest BCUT2D eigenvalue weighted by Gasteiger charge is 2.22. The molecule has 0 fully saturated rings. The molecular formula is C15H9Cl3N2O. The summed E-state index contributed by atoms with van der Waals surface area (Å²) in [4.78, 5) is 12.2. The molecule has 0 bridgehead atoms. The Balaban J connectivity index is 2.28. The zero-order valence-electron chi connectivity index (χ0n) is 10.6. The third kappa shape index (κ3) is 3.68. The second-order valence-corrected chi connectivity index (χ2v) is 5.46. The molecule has 0 saturated heterocycles. The molecule has 2 aromatic carbocycles. The Morgan fingerprint density at radius 1 is 1.10 bits per heavy atom. The molecule has 0 radical (unpaired) electrons. The first-order valence-electron chi connectivity index (χ1n) is 5.93. The van der Waals surface area contributed by atoms with Gasteiger partial charge in [-0.15, -0.1) is 0 Å². The van der Waals surface area contributed by atoms with Crippen molar-refractivity contribution in [3.63, 3.8) is 0 Å². The van der Waals surface area contributed by atoms with E-state index in [1.165, 1.54) is 12.1 Å². The maximum Gasteiger partial charge on any atom is 0.246 e. The number of carbonyl (C=O) groups excluding carboxylic acids is 1. The van der Waals surface area contributed by atoms with E-state index in [1.807, 2.05) is 12.1 Å². The van der Waals surface area contributed by atoms with Crippen molar-refractivity contribution in [1.29, 1.82) is 5.26 Å². The predicted molar refractivity (Wildman–Crippen MR) is 84.9 cm³/mol. The number of anilines is 1. The summed E-state index contributed by atoms with van der Waals surface area (Å²) < 4.78 is 0. The molecule has 0 heterocycles. The molecule has 21 heavy (non-hydrogen) atoms. The van der Waals surface area contributed by atoms with Crippen molar-refractivity contribution < 1.29 is 4.79 Å². The molecular weight excluding hydrogens is 331 g/mol. The van der Waals surface area contributed by atoms with Gasteiger partial charge in [-0.25, -0.2) is 0 Å². The molecule has 2 aromatic rings. The summed E-state index contributed by atoms with van der Waals surface area (Å²) in [6, 6.07) is 13.6. The number of carbonyl (C=O) groups is 1. The number of nitrogens with one attached hydrogen (secondary N) is 1. The standard InChI is InChI=1S/C15H9Cl3N2O/c16-10-6-12(17)14(13(18)7-10)20-15(21)11(8-19)9-4-2-1-3-5-9/h1-7,11H,(H,20,21). The van der Waals surface area contributed by atoms with E-state index in [0.717, 1.165) is 0 Å². The van der Waals surface area contributed by atoms with Gasteiger partial charge in [-0.05, 0) is 17.7 Å². The van der Waals surface area contributed by atoms with Crippen LogP contribution in [0, 0.1) is 11.3 Å². The van der Waals surface area contributed by atoms with Crippen LogP contribution < -0.4 is 5.32 Å². The molecule has 6 heteroatoms. The molecule has 106 valence electrons. The Kier molecular flexibility index (Phi) is 5.08. The van der Waals surface area contributed by atoms with Crippen LogP contribution in [0.3, 0.4) is 0 Å². The molecule has 0 aliphatic rings. The monoisotopic (exact) mass is 338 g/mol. The lowest BCUT2D eigenvalue weighted by atomic mass is 10.00. The smallest absolute Gasteiger partial charge is 0.246 e. The van der Waals surface area contributed by atoms with Crippen molar-refractivity contribution in [1.82, 2.24) is 0 Å². The summed E-state index contributed by atoms with van der Waals surface area (Å²) >= 11 is 17.8. The molecule has 0 saturated carbocycles. The minimum atomic E-state index is -0.950. The average molecular weight is 340 g/mol. The zero-order valence-corrected chi connectivity index (χ0v) is 12.9. The fourth-order valence-electron chi connectivity index (χ4n) is 1.79. The van der Waals surface area contributed by atoms with Crippen molar-refractivity contribution in [3.8, 4) is 6.07 Å². The van der Waals surface area contributed by atoms with Gasteiger partial charge in [-0.3, -0.25) is 4.79 Å². The molecule has 0 aromatic heterocycles.